The number of benzene rings is 2. The number of nitrogens with zero attached hydrogens (tertiary/aromatic N) is 2. The van der Waals surface area contributed by atoms with Crippen LogP contribution in [0.15, 0.2) is 52.4 Å². The number of halogens is 1. The molecule has 1 saturated heterocycles. The van der Waals surface area contributed by atoms with Crippen molar-refractivity contribution in [1.29, 1.82) is 0 Å². The highest BCUT2D eigenvalue weighted by Crippen LogP contribution is 2.36. The summed E-state index contributed by atoms with van der Waals surface area (Å²) in [7, 11) is 1.60. The van der Waals surface area contributed by atoms with Crippen LogP contribution in [-0.4, -0.2) is 29.6 Å². The third-order valence-electron chi connectivity index (χ3n) is 4.01. The molecule has 1 aliphatic heterocycles. The highest BCUT2D eigenvalue weighted by atomic mass is 35.5. The lowest BCUT2D eigenvalue weighted by Crippen LogP contribution is -2.28. The summed E-state index contributed by atoms with van der Waals surface area (Å²) in [4.78, 5) is 19.8. The number of thioether (sulfide) groups is 1. The minimum absolute atomic E-state index is 0.0631. The first-order valence-electron chi connectivity index (χ1n) is 8.22. The van der Waals surface area contributed by atoms with Crippen molar-refractivity contribution in [1.82, 2.24) is 4.90 Å². The van der Waals surface area contributed by atoms with E-state index >= 15 is 0 Å². The molecule has 0 unspecified atom stereocenters. The molecule has 2 aromatic rings. The van der Waals surface area contributed by atoms with Crippen molar-refractivity contribution in [2.75, 3.05) is 13.7 Å². The molecule has 0 aromatic heterocycles. The first-order valence-corrected chi connectivity index (χ1v) is 9.42. The molecule has 0 aliphatic carbocycles. The summed E-state index contributed by atoms with van der Waals surface area (Å²) >= 11 is 7.46. The smallest absolute Gasteiger partial charge is 0.266 e. The van der Waals surface area contributed by atoms with Crippen molar-refractivity contribution in [2.45, 2.75) is 13.8 Å². The number of hydrogen-bond acceptors (Lipinski definition) is 4. The molecular weight excluding hydrogens is 368 g/mol. The van der Waals surface area contributed by atoms with Gasteiger partial charge in [-0.25, -0.2) is 4.99 Å². The van der Waals surface area contributed by atoms with E-state index < -0.39 is 0 Å². The van der Waals surface area contributed by atoms with Crippen LogP contribution in [0.4, 0.5) is 5.69 Å². The number of ether oxygens (including phenoxy) is 1. The van der Waals surface area contributed by atoms with Crippen LogP contribution in [0.1, 0.15) is 18.1 Å². The lowest BCUT2D eigenvalue weighted by molar-refractivity contribution is -0.122. The number of rotatable bonds is 4. The SMILES string of the molecule is CCN1C(=O)/C(=C\c2cc(Cl)ccc2OC)SC1=Nc1ccccc1C. The standard InChI is InChI=1S/C20H19ClN2O2S/c1-4-23-19(24)18(12-14-11-15(21)9-10-17(14)25-3)26-20(23)22-16-8-6-5-7-13(16)2/h5-12H,4H2,1-3H3/b18-12+,22-20?. The van der Waals surface area contributed by atoms with Crippen LogP contribution in [0, 0.1) is 6.92 Å². The van der Waals surface area contributed by atoms with Gasteiger partial charge in [0.05, 0.1) is 17.7 Å². The second kappa shape index (κ2) is 7.98. The largest absolute Gasteiger partial charge is 0.496 e. The first-order chi connectivity index (χ1) is 12.5. The van der Waals surface area contributed by atoms with Gasteiger partial charge in [-0.15, -0.1) is 0 Å². The molecule has 0 spiro atoms. The van der Waals surface area contributed by atoms with Crippen molar-refractivity contribution in [3.63, 3.8) is 0 Å². The van der Waals surface area contributed by atoms with Crippen LogP contribution >= 0.6 is 23.4 Å². The van der Waals surface area contributed by atoms with E-state index in [-0.39, 0.29) is 5.91 Å². The maximum atomic E-state index is 12.8. The Morgan fingerprint density at radius 3 is 2.73 bits per heavy atom. The Morgan fingerprint density at radius 1 is 1.27 bits per heavy atom. The summed E-state index contributed by atoms with van der Waals surface area (Å²) in [5.41, 5.74) is 2.70. The topological polar surface area (TPSA) is 41.9 Å². The van der Waals surface area contributed by atoms with Crippen LogP contribution in [0.3, 0.4) is 0 Å². The van der Waals surface area contributed by atoms with Crippen molar-refractivity contribution in [2.24, 2.45) is 4.99 Å². The van der Waals surface area contributed by atoms with Crippen molar-refractivity contribution in [3.8, 4) is 5.75 Å². The van der Waals surface area contributed by atoms with E-state index in [1.807, 2.05) is 38.1 Å². The predicted molar refractivity (Wildman–Crippen MR) is 109 cm³/mol. The Bertz CT molecular complexity index is 908. The second-order valence-electron chi connectivity index (χ2n) is 5.73. The van der Waals surface area contributed by atoms with Gasteiger partial charge in [0, 0.05) is 17.1 Å². The molecule has 1 heterocycles. The molecule has 2 aromatic carbocycles. The molecule has 6 heteroatoms. The van der Waals surface area contributed by atoms with Gasteiger partial charge in [-0.2, -0.15) is 0 Å². The third-order valence-corrected chi connectivity index (χ3v) is 5.26. The monoisotopic (exact) mass is 386 g/mol. The van der Waals surface area contributed by atoms with Crippen LogP contribution < -0.4 is 4.74 Å². The highest BCUT2D eigenvalue weighted by Gasteiger charge is 2.32. The summed E-state index contributed by atoms with van der Waals surface area (Å²) in [5.74, 6) is 0.606. The van der Waals surface area contributed by atoms with Gasteiger partial charge in [-0.05, 0) is 61.5 Å². The summed E-state index contributed by atoms with van der Waals surface area (Å²) in [5, 5.41) is 1.27. The lowest BCUT2D eigenvalue weighted by Gasteiger charge is -2.12. The molecule has 0 bridgehead atoms. The normalized spacial score (nSPS) is 17.4. The molecule has 134 valence electrons. The molecule has 1 amide bonds. The number of hydrogen-bond donors (Lipinski definition) is 0. The zero-order chi connectivity index (χ0) is 18.7. The predicted octanol–water partition coefficient (Wildman–Crippen LogP) is 5.28. The van der Waals surface area contributed by atoms with Crippen molar-refractivity contribution >= 4 is 46.2 Å². The van der Waals surface area contributed by atoms with Crippen molar-refractivity contribution in [3.05, 3.63) is 63.5 Å². The Kier molecular flexibility index (Phi) is 5.69. The number of aryl methyl sites for hydroxylation is 1. The number of carbonyl (C=O) groups is 1. The van der Waals surface area contributed by atoms with E-state index in [9.17, 15) is 4.79 Å². The van der Waals surface area contributed by atoms with Gasteiger partial charge in [0.15, 0.2) is 5.17 Å². The van der Waals surface area contributed by atoms with E-state index in [2.05, 4.69) is 0 Å². The highest BCUT2D eigenvalue weighted by molar-refractivity contribution is 8.18. The van der Waals surface area contributed by atoms with E-state index in [0.717, 1.165) is 16.8 Å². The van der Waals surface area contributed by atoms with Gasteiger partial charge in [0.25, 0.3) is 5.91 Å². The molecule has 3 rings (SSSR count). The fourth-order valence-electron chi connectivity index (χ4n) is 2.62. The van der Waals surface area contributed by atoms with Gasteiger partial charge in [-0.3, -0.25) is 9.69 Å². The molecule has 4 nitrogen and oxygen atoms in total. The number of para-hydroxylation sites is 1. The average molecular weight is 387 g/mol. The second-order valence-corrected chi connectivity index (χ2v) is 7.17. The number of methoxy groups -OCH3 is 1. The summed E-state index contributed by atoms with van der Waals surface area (Å²) in [6, 6.07) is 13.2. The van der Waals surface area contributed by atoms with Gasteiger partial charge < -0.3 is 4.74 Å². The molecule has 1 aliphatic rings. The quantitative estimate of drug-likeness (QED) is 0.671. The number of carbonyl (C=O) groups excluding carboxylic acids is 1. The van der Waals surface area contributed by atoms with E-state index in [0.29, 0.717) is 27.4 Å². The molecule has 0 radical (unpaired) electrons. The molecule has 1 fully saturated rings. The minimum Gasteiger partial charge on any atom is -0.496 e. The minimum atomic E-state index is -0.0631. The fraction of sp³-hybridized carbons (Fsp3) is 0.200. The number of likely N-dealkylation sites (N-methyl/N-ethyl adjacent to an activating group) is 1. The first kappa shape index (κ1) is 18.5. The van der Waals surface area contributed by atoms with Crippen LogP contribution in [0.25, 0.3) is 6.08 Å². The number of amidine groups is 1. The Balaban J connectivity index is 2.00. The van der Waals surface area contributed by atoms with Gasteiger partial charge in [-0.1, -0.05) is 29.8 Å². The number of aliphatic imine (C=N–C) groups is 1. The molecule has 0 N–H and O–H groups in total. The zero-order valence-corrected chi connectivity index (χ0v) is 16.4. The van der Waals surface area contributed by atoms with Crippen LogP contribution in [0.5, 0.6) is 5.75 Å². The van der Waals surface area contributed by atoms with Gasteiger partial charge >= 0.3 is 0 Å². The molecule has 0 atom stereocenters. The molecule has 0 saturated carbocycles. The maximum Gasteiger partial charge on any atom is 0.266 e. The summed E-state index contributed by atoms with van der Waals surface area (Å²) < 4.78 is 5.37. The van der Waals surface area contributed by atoms with Crippen LogP contribution in [-0.2, 0) is 4.79 Å². The Labute approximate surface area is 162 Å². The third kappa shape index (κ3) is 3.79. The Morgan fingerprint density at radius 2 is 2.04 bits per heavy atom. The lowest BCUT2D eigenvalue weighted by atomic mass is 10.2. The van der Waals surface area contributed by atoms with E-state index in [1.165, 1.54) is 11.8 Å². The molecular formula is C20H19ClN2O2S. The Hall–Kier alpha value is -2.24. The summed E-state index contributed by atoms with van der Waals surface area (Å²) in [6.45, 7) is 4.50. The van der Waals surface area contributed by atoms with Gasteiger partial charge in [0.1, 0.15) is 5.75 Å². The molecule has 26 heavy (non-hydrogen) atoms. The van der Waals surface area contributed by atoms with Crippen molar-refractivity contribution < 1.29 is 9.53 Å². The number of amides is 1. The van der Waals surface area contributed by atoms with Gasteiger partial charge in [0.2, 0.25) is 0 Å². The fourth-order valence-corrected chi connectivity index (χ4v) is 3.85. The maximum absolute atomic E-state index is 12.8. The van der Waals surface area contributed by atoms with E-state index in [4.69, 9.17) is 21.3 Å². The average Bonchev–Trinajstić information content (AvgIpc) is 2.92. The summed E-state index contributed by atoms with van der Waals surface area (Å²) in [6.07, 6.45) is 1.81. The van der Waals surface area contributed by atoms with Crippen LogP contribution in [0.2, 0.25) is 5.02 Å². The zero-order valence-electron chi connectivity index (χ0n) is 14.8. The van der Waals surface area contributed by atoms with E-state index in [1.54, 1.807) is 36.3 Å².